The molecule has 3 atom stereocenters. The van der Waals surface area contributed by atoms with Gasteiger partial charge in [-0.15, -0.1) is 0 Å². The van der Waals surface area contributed by atoms with E-state index in [-0.39, 0.29) is 19.1 Å². The zero-order valence-corrected chi connectivity index (χ0v) is 32.6. The molecule has 0 aliphatic heterocycles. The summed E-state index contributed by atoms with van der Waals surface area (Å²) in [5.74, 6) is -0.199. The van der Waals surface area contributed by atoms with Gasteiger partial charge >= 0.3 is 7.82 Å². The second-order valence-corrected chi connectivity index (χ2v) is 15.7. The lowest BCUT2D eigenvalue weighted by molar-refractivity contribution is -0.870. The highest BCUT2D eigenvalue weighted by Gasteiger charge is 2.27. The van der Waals surface area contributed by atoms with E-state index in [2.05, 4.69) is 43.5 Å². The third-order valence-corrected chi connectivity index (χ3v) is 9.32. The molecule has 3 N–H and O–H groups in total. The Morgan fingerprint density at radius 3 is 1.67 bits per heavy atom. The van der Waals surface area contributed by atoms with Crippen LogP contribution in [0.2, 0.25) is 0 Å². The van der Waals surface area contributed by atoms with E-state index in [1.54, 1.807) is 6.08 Å². The zero-order chi connectivity index (χ0) is 35.8. The van der Waals surface area contributed by atoms with Crippen molar-refractivity contribution < 1.29 is 32.9 Å². The summed E-state index contributed by atoms with van der Waals surface area (Å²) in [6, 6.07) is -0.863. The molecule has 0 aromatic rings. The fraction of sp³-hybridized carbons (Fsp3) is 0.821. The highest BCUT2D eigenvalue weighted by atomic mass is 31.2. The number of phosphoric acid groups is 1. The lowest BCUT2D eigenvalue weighted by atomic mass is 10.1. The molecule has 0 radical (unpaired) electrons. The largest absolute Gasteiger partial charge is 0.472 e. The molecular weight excluding hydrogens is 623 g/mol. The van der Waals surface area contributed by atoms with Gasteiger partial charge in [0.2, 0.25) is 5.91 Å². The number of hydrogen-bond donors (Lipinski definition) is 3. The van der Waals surface area contributed by atoms with Crippen LogP contribution in [0.15, 0.2) is 36.5 Å². The molecule has 0 saturated heterocycles. The number of likely N-dealkylation sites (N-methyl/N-ethyl adjacent to an activating group) is 1. The van der Waals surface area contributed by atoms with Crippen LogP contribution in [-0.2, 0) is 18.4 Å². The van der Waals surface area contributed by atoms with Crippen molar-refractivity contribution in [3.63, 3.8) is 0 Å². The summed E-state index contributed by atoms with van der Waals surface area (Å²) in [6.45, 7) is 4.72. The van der Waals surface area contributed by atoms with Crippen molar-refractivity contribution in [2.45, 2.75) is 167 Å². The third kappa shape index (κ3) is 33.2. The number of carbonyl (C=O) groups excluding carboxylic acids is 1. The van der Waals surface area contributed by atoms with E-state index < -0.39 is 20.0 Å². The summed E-state index contributed by atoms with van der Waals surface area (Å²) < 4.78 is 23.4. The molecule has 282 valence electrons. The van der Waals surface area contributed by atoms with E-state index >= 15 is 0 Å². The number of aliphatic hydroxyl groups excluding tert-OH is 1. The SMILES string of the molecule is CCCCCCCCCC/C=C/CC/C=C/CC/C=C/C(O)C(COP(=O)(O)OCC[N+](C)(C)C)NC(=O)CCCCCCCCCC. The van der Waals surface area contributed by atoms with Gasteiger partial charge in [-0.3, -0.25) is 13.8 Å². The Labute approximate surface area is 296 Å². The smallest absolute Gasteiger partial charge is 0.387 e. The molecule has 0 fully saturated rings. The Morgan fingerprint density at radius 1 is 0.688 bits per heavy atom. The number of phosphoric ester groups is 1. The molecule has 48 heavy (non-hydrogen) atoms. The van der Waals surface area contributed by atoms with Crippen LogP contribution in [0.25, 0.3) is 0 Å². The first-order chi connectivity index (χ1) is 23.0. The monoisotopic (exact) mass is 700 g/mol. The molecule has 0 aromatic carbocycles. The minimum atomic E-state index is -4.33. The second-order valence-electron chi connectivity index (χ2n) is 14.3. The van der Waals surface area contributed by atoms with Gasteiger partial charge in [-0.05, 0) is 44.9 Å². The Hall–Kier alpha value is -1.28. The molecule has 0 aromatic heterocycles. The van der Waals surface area contributed by atoms with Crippen molar-refractivity contribution in [1.82, 2.24) is 5.32 Å². The average molecular weight is 700 g/mol. The van der Waals surface area contributed by atoms with Crippen LogP contribution in [-0.4, -0.2) is 73.4 Å². The molecular formula is C39H76N2O6P+. The van der Waals surface area contributed by atoms with Gasteiger partial charge in [0.15, 0.2) is 0 Å². The van der Waals surface area contributed by atoms with E-state index in [9.17, 15) is 19.4 Å². The van der Waals surface area contributed by atoms with Crippen molar-refractivity contribution >= 4 is 13.7 Å². The van der Waals surface area contributed by atoms with Gasteiger partial charge in [0.05, 0.1) is 39.9 Å². The number of nitrogens with zero attached hydrogens (tertiary/aromatic N) is 1. The highest BCUT2D eigenvalue weighted by Crippen LogP contribution is 2.43. The van der Waals surface area contributed by atoms with Crippen LogP contribution in [0.4, 0.5) is 0 Å². The number of allylic oxidation sites excluding steroid dienone is 5. The van der Waals surface area contributed by atoms with Crippen LogP contribution in [0.1, 0.15) is 155 Å². The molecule has 8 nitrogen and oxygen atoms in total. The maximum atomic E-state index is 12.7. The van der Waals surface area contributed by atoms with Crippen molar-refractivity contribution in [2.24, 2.45) is 0 Å². The summed E-state index contributed by atoms with van der Waals surface area (Å²) in [5, 5.41) is 13.7. The highest BCUT2D eigenvalue weighted by molar-refractivity contribution is 7.47. The van der Waals surface area contributed by atoms with E-state index in [1.165, 1.54) is 89.9 Å². The number of amides is 1. The van der Waals surface area contributed by atoms with Gasteiger partial charge in [-0.2, -0.15) is 0 Å². The van der Waals surface area contributed by atoms with E-state index in [1.807, 2.05) is 27.2 Å². The Kier molecular flexibility index (Phi) is 30.8. The maximum absolute atomic E-state index is 12.7. The van der Waals surface area contributed by atoms with Crippen LogP contribution in [0, 0.1) is 0 Å². The number of rotatable bonds is 34. The topological polar surface area (TPSA) is 105 Å². The molecule has 0 heterocycles. The van der Waals surface area contributed by atoms with E-state index in [4.69, 9.17) is 9.05 Å². The van der Waals surface area contributed by atoms with Crippen LogP contribution >= 0.6 is 7.82 Å². The minimum Gasteiger partial charge on any atom is -0.387 e. The lowest BCUT2D eigenvalue weighted by Gasteiger charge is -2.25. The quantitative estimate of drug-likeness (QED) is 0.0267. The predicted molar refractivity (Wildman–Crippen MR) is 203 cm³/mol. The van der Waals surface area contributed by atoms with Crippen molar-refractivity contribution in [1.29, 1.82) is 0 Å². The number of unbranched alkanes of at least 4 members (excludes halogenated alkanes) is 17. The zero-order valence-electron chi connectivity index (χ0n) is 31.7. The normalized spacial score (nSPS) is 15.1. The summed E-state index contributed by atoms with van der Waals surface area (Å²) in [5.41, 5.74) is 0. The third-order valence-electron chi connectivity index (χ3n) is 8.34. The molecule has 0 aliphatic carbocycles. The van der Waals surface area contributed by atoms with Gasteiger partial charge < -0.3 is 19.8 Å². The number of nitrogens with one attached hydrogen (secondary N) is 1. The summed E-state index contributed by atoms with van der Waals surface area (Å²) in [6.07, 6.45) is 36.5. The second kappa shape index (κ2) is 31.7. The standard InChI is InChI=1S/C39H75N2O6P/c1-6-8-10-12-14-16-17-18-19-20-21-22-23-24-25-26-28-30-32-38(42)37(36-47-48(44,45)46-35-34-41(3,4)5)40-39(43)33-31-29-27-15-13-11-9-7-2/h20-21,24-25,30,32,37-38,42H,6-19,22-23,26-29,31,33-36H2,1-5H3,(H-,40,43,44,45)/p+1/b21-20+,25-24+,32-30+. The Morgan fingerprint density at radius 2 is 1.15 bits per heavy atom. The Bertz CT molecular complexity index is 886. The fourth-order valence-corrected chi connectivity index (χ4v) is 5.92. The van der Waals surface area contributed by atoms with Crippen LogP contribution in [0.3, 0.4) is 0 Å². The molecule has 0 spiro atoms. The van der Waals surface area contributed by atoms with Gasteiger partial charge in [-0.25, -0.2) is 4.57 Å². The van der Waals surface area contributed by atoms with Gasteiger partial charge in [0.1, 0.15) is 13.2 Å². The first-order valence-corrected chi connectivity index (χ1v) is 20.9. The molecule has 9 heteroatoms. The Balaban J connectivity index is 4.55. The van der Waals surface area contributed by atoms with E-state index in [0.717, 1.165) is 44.9 Å². The molecule has 1 amide bonds. The number of hydrogen-bond acceptors (Lipinski definition) is 5. The van der Waals surface area contributed by atoms with Crippen molar-refractivity contribution in [3.8, 4) is 0 Å². The predicted octanol–water partition coefficient (Wildman–Crippen LogP) is 9.96. The fourth-order valence-electron chi connectivity index (χ4n) is 5.19. The van der Waals surface area contributed by atoms with Gasteiger partial charge in [0, 0.05) is 6.42 Å². The minimum absolute atomic E-state index is 0.0539. The molecule has 0 aliphatic rings. The number of quaternary nitrogens is 1. The van der Waals surface area contributed by atoms with E-state index in [0.29, 0.717) is 17.4 Å². The first kappa shape index (κ1) is 46.7. The molecule has 0 rings (SSSR count). The van der Waals surface area contributed by atoms with Crippen molar-refractivity contribution in [3.05, 3.63) is 36.5 Å². The summed E-state index contributed by atoms with van der Waals surface area (Å²) in [7, 11) is 1.54. The maximum Gasteiger partial charge on any atom is 0.472 e. The van der Waals surface area contributed by atoms with Gasteiger partial charge in [-0.1, -0.05) is 140 Å². The number of aliphatic hydroxyl groups is 1. The molecule has 3 unspecified atom stereocenters. The van der Waals surface area contributed by atoms with Gasteiger partial charge in [0.25, 0.3) is 0 Å². The van der Waals surface area contributed by atoms with Crippen LogP contribution < -0.4 is 5.32 Å². The van der Waals surface area contributed by atoms with Crippen LogP contribution in [0.5, 0.6) is 0 Å². The summed E-state index contributed by atoms with van der Waals surface area (Å²) in [4.78, 5) is 22.9. The summed E-state index contributed by atoms with van der Waals surface area (Å²) >= 11 is 0. The first-order valence-electron chi connectivity index (χ1n) is 19.4. The van der Waals surface area contributed by atoms with Crippen molar-refractivity contribution in [2.75, 3.05) is 40.9 Å². The molecule has 0 bridgehead atoms. The molecule has 0 saturated carbocycles. The lowest BCUT2D eigenvalue weighted by Crippen LogP contribution is -2.45. The average Bonchev–Trinajstić information content (AvgIpc) is 3.02. The number of carbonyl (C=O) groups is 1.